The van der Waals surface area contributed by atoms with E-state index in [2.05, 4.69) is 37.9 Å². The Morgan fingerprint density at radius 3 is 2.18 bits per heavy atom. The molecule has 0 aromatic heterocycles. The molecule has 6 nitrogen and oxygen atoms in total. The third-order valence-electron chi connectivity index (χ3n) is 5.06. The number of nitrogens with one attached hydrogen (secondary N) is 1. The van der Waals surface area contributed by atoms with E-state index in [1.165, 1.54) is 0 Å². The van der Waals surface area contributed by atoms with Crippen LogP contribution in [0.3, 0.4) is 0 Å². The van der Waals surface area contributed by atoms with Crippen molar-refractivity contribution in [2.75, 3.05) is 40.3 Å². The van der Waals surface area contributed by atoms with Gasteiger partial charge in [-0.2, -0.15) is 4.31 Å². The van der Waals surface area contributed by atoms with Crippen LogP contribution in [-0.2, 0) is 10.0 Å². The third kappa shape index (κ3) is 6.03. The minimum Gasteiger partial charge on any atom is -0.351 e. The van der Waals surface area contributed by atoms with Crippen LogP contribution >= 0.6 is 0 Å². The number of sulfonamides is 1. The van der Waals surface area contributed by atoms with Crippen LogP contribution in [0.15, 0.2) is 29.2 Å². The Labute approximate surface area is 170 Å². The highest BCUT2D eigenvalue weighted by atomic mass is 32.2. The van der Waals surface area contributed by atoms with Crippen molar-refractivity contribution in [3.05, 3.63) is 29.8 Å². The Morgan fingerprint density at radius 2 is 1.68 bits per heavy atom. The normalized spacial score (nSPS) is 21.7. The van der Waals surface area contributed by atoms with Gasteiger partial charge in [0.1, 0.15) is 0 Å². The van der Waals surface area contributed by atoms with E-state index in [-0.39, 0.29) is 16.2 Å². The van der Waals surface area contributed by atoms with Gasteiger partial charge < -0.3 is 10.2 Å². The quantitative estimate of drug-likeness (QED) is 0.752. The van der Waals surface area contributed by atoms with Crippen LogP contribution in [0.4, 0.5) is 0 Å². The standard InChI is InChI=1S/C21H35N3O3S/c1-16-11-17(2)13-24(12-16)28(26,27)19-9-7-18(8-10-19)20(25)22-14-21(3,4)15-23(5)6/h7-10,16-17H,11-15H2,1-6H3,(H,22,25)/t16-,17+. The molecular formula is C21H35N3O3S. The first-order valence-electron chi connectivity index (χ1n) is 9.94. The first-order valence-corrected chi connectivity index (χ1v) is 11.4. The zero-order valence-electron chi connectivity index (χ0n) is 18.0. The molecule has 1 aliphatic rings. The Bertz CT molecular complexity index is 763. The zero-order valence-corrected chi connectivity index (χ0v) is 18.8. The highest BCUT2D eigenvalue weighted by Crippen LogP contribution is 2.26. The van der Waals surface area contributed by atoms with Crippen molar-refractivity contribution < 1.29 is 13.2 Å². The van der Waals surface area contributed by atoms with Gasteiger partial charge in [-0.25, -0.2) is 8.42 Å². The minimum atomic E-state index is -3.52. The lowest BCUT2D eigenvalue weighted by Crippen LogP contribution is -2.42. The predicted octanol–water partition coefficient (Wildman–Crippen LogP) is 2.67. The number of benzene rings is 1. The van der Waals surface area contributed by atoms with Crippen molar-refractivity contribution in [2.24, 2.45) is 17.3 Å². The Hall–Kier alpha value is -1.44. The summed E-state index contributed by atoms with van der Waals surface area (Å²) < 4.78 is 27.5. The lowest BCUT2D eigenvalue weighted by Gasteiger charge is -2.34. The highest BCUT2D eigenvalue weighted by Gasteiger charge is 2.31. The third-order valence-corrected chi connectivity index (χ3v) is 6.91. The van der Waals surface area contributed by atoms with Crippen molar-refractivity contribution in [1.82, 2.24) is 14.5 Å². The summed E-state index contributed by atoms with van der Waals surface area (Å²) in [5, 5.41) is 2.95. The van der Waals surface area contributed by atoms with E-state index in [0.29, 0.717) is 37.0 Å². The number of nitrogens with zero attached hydrogens (tertiary/aromatic N) is 2. The van der Waals surface area contributed by atoms with Crippen molar-refractivity contribution in [3.63, 3.8) is 0 Å². The molecule has 1 N–H and O–H groups in total. The molecule has 7 heteroatoms. The molecule has 1 aromatic rings. The molecular weight excluding hydrogens is 374 g/mol. The van der Waals surface area contributed by atoms with E-state index < -0.39 is 10.0 Å². The lowest BCUT2D eigenvalue weighted by atomic mass is 9.93. The fourth-order valence-corrected chi connectivity index (χ4v) is 5.74. The van der Waals surface area contributed by atoms with Gasteiger partial charge in [-0.3, -0.25) is 4.79 Å². The monoisotopic (exact) mass is 409 g/mol. The van der Waals surface area contributed by atoms with Gasteiger partial charge in [-0.1, -0.05) is 27.7 Å². The van der Waals surface area contributed by atoms with Gasteiger partial charge in [0.2, 0.25) is 10.0 Å². The van der Waals surface area contributed by atoms with Gasteiger partial charge >= 0.3 is 0 Å². The van der Waals surface area contributed by atoms with E-state index in [1.54, 1.807) is 28.6 Å². The molecule has 0 radical (unpaired) electrons. The molecule has 0 aliphatic carbocycles. The van der Waals surface area contributed by atoms with E-state index in [9.17, 15) is 13.2 Å². The maximum absolute atomic E-state index is 12.9. The summed E-state index contributed by atoms with van der Waals surface area (Å²) in [6, 6.07) is 6.27. The van der Waals surface area contributed by atoms with Crippen LogP contribution in [-0.4, -0.2) is 63.8 Å². The number of carbonyl (C=O) groups excluding carboxylic acids is 1. The van der Waals surface area contributed by atoms with Crippen LogP contribution in [0.1, 0.15) is 44.5 Å². The average Bonchev–Trinajstić information content (AvgIpc) is 2.58. The number of carbonyl (C=O) groups is 1. The Balaban J connectivity index is 2.05. The van der Waals surface area contributed by atoms with Gasteiger partial charge in [0.15, 0.2) is 0 Å². The number of amides is 1. The lowest BCUT2D eigenvalue weighted by molar-refractivity contribution is 0.0929. The Morgan fingerprint density at radius 1 is 1.14 bits per heavy atom. The SMILES string of the molecule is C[C@@H]1C[C@H](C)CN(S(=O)(=O)c2ccc(C(=O)NCC(C)(C)CN(C)C)cc2)C1. The zero-order chi connectivity index (χ0) is 21.1. The first kappa shape index (κ1) is 22.8. The summed E-state index contributed by atoms with van der Waals surface area (Å²) in [6.45, 7) is 10.9. The van der Waals surface area contributed by atoms with E-state index in [4.69, 9.17) is 0 Å². The van der Waals surface area contributed by atoms with Gasteiger partial charge in [0.05, 0.1) is 4.90 Å². The molecule has 1 aliphatic heterocycles. The molecule has 158 valence electrons. The molecule has 0 unspecified atom stereocenters. The second-order valence-corrected chi connectivity index (χ2v) is 11.3. The maximum atomic E-state index is 12.9. The second-order valence-electron chi connectivity index (χ2n) is 9.38. The Kier molecular flexibility index (Phi) is 7.28. The second kappa shape index (κ2) is 8.93. The average molecular weight is 410 g/mol. The van der Waals surface area contributed by atoms with Crippen molar-refractivity contribution in [2.45, 2.75) is 39.0 Å². The van der Waals surface area contributed by atoms with Crippen LogP contribution in [0, 0.1) is 17.3 Å². The summed E-state index contributed by atoms with van der Waals surface area (Å²) in [5.41, 5.74) is 0.421. The molecule has 0 bridgehead atoms. The smallest absolute Gasteiger partial charge is 0.251 e. The summed E-state index contributed by atoms with van der Waals surface area (Å²) in [6.07, 6.45) is 1.05. The van der Waals surface area contributed by atoms with Gasteiger partial charge in [0.25, 0.3) is 5.91 Å². The molecule has 1 amide bonds. The molecule has 0 saturated carbocycles. The van der Waals surface area contributed by atoms with Crippen molar-refractivity contribution in [1.29, 1.82) is 0 Å². The van der Waals surface area contributed by atoms with Gasteiger partial charge in [-0.15, -0.1) is 0 Å². The van der Waals surface area contributed by atoms with Crippen molar-refractivity contribution >= 4 is 15.9 Å². The number of hydrogen-bond donors (Lipinski definition) is 1. The highest BCUT2D eigenvalue weighted by molar-refractivity contribution is 7.89. The molecule has 2 atom stereocenters. The van der Waals surface area contributed by atoms with Crippen LogP contribution < -0.4 is 5.32 Å². The van der Waals surface area contributed by atoms with Crippen molar-refractivity contribution in [3.8, 4) is 0 Å². The van der Waals surface area contributed by atoms with E-state index in [0.717, 1.165) is 13.0 Å². The van der Waals surface area contributed by atoms with Gasteiger partial charge in [0, 0.05) is 31.7 Å². The first-order chi connectivity index (χ1) is 12.9. The maximum Gasteiger partial charge on any atom is 0.251 e. The van der Waals surface area contributed by atoms with E-state index >= 15 is 0 Å². The molecule has 0 spiro atoms. The predicted molar refractivity (Wildman–Crippen MR) is 113 cm³/mol. The van der Waals surface area contributed by atoms with Crippen LogP contribution in [0.2, 0.25) is 0 Å². The number of hydrogen-bond acceptors (Lipinski definition) is 4. The molecule has 2 rings (SSSR count). The molecule has 1 aromatic carbocycles. The fraction of sp³-hybridized carbons (Fsp3) is 0.667. The van der Waals surface area contributed by atoms with Gasteiger partial charge in [-0.05, 0) is 62.0 Å². The molecule has 1 saturated heterocycles. The summed E-state index contributed by atoms with van der Waals surface area (Å²) >= 11 is 0. The topological polar surface area (TPSA) is 69.7 Å². The molecule has 28 heavy (non-hydrogen) atoms. The number of piperidine rings is 1. The summed E-state index contributed by atoms with van der Waals surface area (Å²) in [5.74, 6) is 0.527. The summed E-state index contributed by atoms with van der Waals surface area (Å²) in [7, 11) is 0.490. The molecule has 1 fully saturated rings. The summed E-state index contributed by atoms with van der Waals surface area (Å²) in [4.78, 5) is 14.8. The van der Waals surface area contributed by atoms with E-state index in [1.807, 2.05) is 14.1 Å². The minimum absolute atomic E-state index is 0.0515. The largest absolute Gasteiger partial charge is 0.351 e. The van der Waals surface area contributed by atoms with Crippen LogP contribution in [0.25, 0.3) is 0 Å². The molecule has 1 heterocycles. The van der Waals surface area contributed by atoms with Crippen LogP contribution in [0.5, 0.6) is 0 Å². The number of rotatable bonds is 7. The fourth-order valence-electron chi connectivity index (χ4n) is 4.06.